The van der Waals surface area contributed by atoms with Gasteiger partial charge in [-0.05, 0) is 68.2 Å². The summed E-state index contributed by atoms with van der Waals surface area (Å²) in [7, 11) is 0. The van der Waals surface area contributed by atoms with Crippen molar-refractivity contribution in [1.29, 1.82) is 0 Å². The van der Waals surface area contributed by atoms with Crippen molar-refractivity contribution >= 4 is 16.8 Å². The Labute approximate surface area is 190 Å². The molecule has 0 aliphatic carbocycles. The van der Waals surface area contributed by atoms with Crippen LogP contribution < -0.4 is 0 Å². The minimum Gasteiger partial charge on any atom is -0.381 e. The first-order chi connectivity index (χ1) is 15.7. The van der Waals surface area contributed by atoms with E-state index in [0.717, 1.165) is 49.9 Å². The van der Waals surface area contributed by atoms with E-state index in [-0.39, 0.29) is 0 Å². The third-order valence-electron chi connectivity index (χ3n) is 7.38. The maximum absolute atomic E-state index is 14.1. The van der Waals surface area contributed by atoms with Crippen molar-refractivity contribution in [2.45, 2.75) is 44.4 Å². The van der Waals surface area contributed by atoms with Crippen molar-refractivity contribution < 1.29 is 9.53 Å². The second-order valence-electron chi connectivity index (χ2n) is 9.51. The van der Waals surface area contributed by atoms with Crippen LogP contribution in [0.25, 0.3) is 10.9 Å². The third kappa shape index (κ3) is 4.04. The number of aryl methyl sites for hydroxylation is 1. The molecule has 0 bridgehead atoms. The molecule has 0 spiro atoms. The zero-order valence-corrected chi connectivity index (χ0v) is 18.9. The number of amides is 1. The van der Waals surface area contributed by atoms with E-state index in [1.807, 2.05) is 12.3 Å². The Balaban J connectivity index is 1.38. The number of rotatable bonds is 4. The summed E-state index contributed by atoms with van der Waals surface area (Å²) in [5, 5.41) is 1.24. The molecule has 2 aromatic carbocycles. The molecule has 2 aliphatic rings. The smallest absolute Gasteiger partial charge is 0.233 e. The average molecular weight is 429 g/mol. The monoisotopic (exact) mass is 428 g/mol. The highest BCUT2D eigenvalue weighted by Gasteiger charge is 2.44. The summed E-state index contributed by atoms with van der Waals surface area (Å²) >= 11 is 0. The molecule has 1 unspecified atom stereocenters. The van der Waals surface area contributed by atoms with Crippen LogP contribution in [-0.2, 0) is 21.4 Å². The molecule has 32 heavy (non-hydrogen) atoms. The van der Waals surface area contributed by atoms with Crippen molar-refractivity contribution in [2.75, 3.05) is 26.3 Å². The summed E-state index contributed by atoms with van der Waals surface area (Å²) in [4.78, 5) is 20.7. The van der Waals surface area contributed by atoms with Crippen LogP contribution in [-0.4, -0.2) is 42.1 Å². The van der Waals surface area contributed by atoms with E-state index >= 15 is 0 Å². The lowest BCUT2D eigenvalue weighted by atomic mass is 9.72. The summed E-state index contributed by atoms with van der Waals surface area (Å²) in [6.07, 6.45) is 6.62. The van der Waals surface area contributed by atoms with E-state index in [4.69, 9.17) is 4.74 Å². The van der Waals surface area contributed by atoms with Gasteiger partial charge in [0.25, 0.3) is 0 Å². The van der Waals surface area contributed by atoms with Crippen molar-refractivity contribution in [1.82, 2.24) is 9.88 Å². The first-order valence-corrected chi connectivity index (χ1v) is 11.9. The van der Waals surface area contributed by atoms with E-state index in [2.05, 4.69) is 65.3 Å². The van der Waals surface area contributed by atoms with E-state index in [1.165, 1.54) is 22.9 Å². The highest BCUT2D eigenvalue weighted by atomic mass is 16.5. The third-order valence-corrected chi connectivity index (χ3v) is 7.38. The lowest BCUT2D eigenvalue weighted by molar-refractivity contribution is -0.143. The number of benzene rings is 2. The zero-order valence-electron chi connectivity index (χ0n) is 18.9. The van der Waals surface area contributed by atoms with Crippen molar-refractivity contribution in [3.8, 4) is 0 Å². The number of carbonyl (C=O) groups is 1. The van der Waals surface area contributed by atoms with Crippen LogP contribution in [0.1, 0.15) is 42.4 Å². The number of piperidine rings is 1. The second kappa shape index (κ2) is 9.03. The Hall–Kier alpha value is -2.72. The van der Waals surface area contributed by atoms with Gasteiger partial charge in [0.1, 0.15) is 0 Å². The van der Waals surface area contributed by atoms with Crippen LogP contribution in [0.4, 0.5) is 0 Å². The summed E-state index contributed by atoms with van der Waals surface area (Å²) < 4.78 is 5.68. The fraction of sp³-hybridized carbons (Fsp3) is 0.429. The Morgan fingerprint density at radius 3 is 2.81 bits per heavy atom. The number of aromatic nitrogens is 1. The minimum atomic E-state index is -0.449. The Kier molecular flexibility index (Phi) is 5.97. The molecule has 3 heterocycles. The summed E-state index contributed by atoms with van der Waals surface area (Å²) in [6.45, 7) is 5.11. The zero-order chi connectivity index (χ0) is 22.0. The predicted molar refractivity (Wildman–Crippen MR) is 128 cm³/mol. The standard InChI is InChI=1S/C28H32N2O2/c1-21-6-2-9-24(18-21)28(12-16-32-17-13-28)27(31)30-15-5-7-22(20-30)19-23-8-3-11-26-25(23)10-4-14-29-26/h2-4,6,8-11,14,18,22H,5,7,12-13,15-17,19-20H2,1H3. The lowest BCUT2D eigenvalue weighted by Crippen LogP contribution is -2.52. The number of fused-ring (bicyclic) bond motifs is 1. The van der Waals surface area contributed by atoms with Gasteiger partial charge < -0.3 is 9.64 Å². The van der Waals surface area contributed by atoms with Crippen molar-refractivity contribution in [2.24, 2.45) is 5.92 Å². The van der Waals surface area contributed by atoms with Crippen LogP contribution in [0.15, 0.2) is 60.8 Å². The highest BCUT2D eigenvalue weighted by Crippen LogP contribution is 2.38. The predicted octanol–water partition coefficient (Wildman–Crippen LogP) is 5.07. The van der Waals surface area contributed by atoms with Gasteiger partial charge in [-0.15, -0.1) is 0 Å². The molecule has 1 aromatic heterocycles. The quantitative estimate of drug-likeness (QED) is 0.582. The normalized spacial score (nSPS) is 20.9. The van der Waals surface area contributed by atoms with E-state index in [9.17, 15) is 4.79 Å². The maximum Gasteiger partial charge on any atom is 0.233 e. The number of ether oxygens (including phenoxy) is 1. The molecule has 4 nitrogen and oxygen atoms in total. The number of hydrogen-bond donors (Lipinski definition) is 0. The van der Waals surface area contributed by atoms with Gasteiger partial charge in [-0.3, -0.25) is 9.78 Å². The first-order valence-electron chi connectivity index (χ1n) is 11.9. The molecule has 2 fully saturated rings. The molecule has 166 valence electrons. The van der Waals surface area contributed by atoms with Crippen LogP contribution in [0, 0.1) is 12.8 Å². The second-order valence-corrected chi connectivity index (χ2v) is 9.51. The largest absolute Gasteiger partial charge is 0.381 e. The molecule has 2 aliphatic heterocycles. The van der Waals surface area contributed by atoms with Gasteiger partial charge in [-0.2, -0.15) is 0 Å². The molecule has 0 N–H and O–H groups in total. The maximum atomic E-state index is 14.1. The molecule has 0 radical (unpaired) electrons. The van der Waals surface area contributed by atoms with Crippen LogP contribution in [0.2, 0.25) is 0 Å². The Morgan fingerprint density at radius 2 is 1.97 bits per heavy atom. The number of carbonyl (C=O) groups excluding carboxylic acids is 1. The Bertz CT molecular complexity index is 1100. The van der Waals surface area contributed by atoms with Gasteiger partial charge in [-0.1, -0.05) is 48.0 Å². The first kappa shape index (κ1) is 21.1. The van der Waals surface area contributed by atoms with Crippen LogP contribution in [0.5, 0.6) is 0 Å². The molecule has 3 aromatic rings. The minimum absolute atomic E-state index is 0.302. The van der Waals surface area contributed by atoms with Gasteiger partial charge in [0.15, 0.2) is 0 Å². The number of pyridine rings is 1. The highest BCUT2D eigenvalue weighted by molar-refractivity contribution is 5.88. The average Bonchev–Trinajstić information content (AvgIpc) is 2.84. The van der Waals surface area contributed by atoms with Crippen molar-refractivity contribution in [3.05, 3.63) is 77.5 Å². The van der Waals surface area contributed by atoms with Gasteiger partial charge in [-0.25, -0.2) is 0 Å². The molecule has 1 amide bonds. The number of likely N-dealkylation sites (tertiary alicyclic amines) is 1. The lowest BCUT2D eigenvalue weighted by Gasteiger charge is -2.43. The summed E-state index contributed by atoms with van der Waals surface area (Å²) in [5.74, 6) is 0.781. The number of nitrogens with zero attached hydrogens (tertiary/aromatic N) is 2. The number of hydrogen-bond acceptors (Lipinski definition) is 3. The molecular formula is C28H32N2O2. The SMILES string of the molecule is Cc1cccc(C2(C(=O)N3CCCC(Cc4cccc5ncccc45)C3)CCOCC2)c1. The molecule has 5 rings (SSSR count). The van der Waals surface area contributed by atoms with Crippen LogP contribution >= 0.6 is 0 Å². The molecule has 2 saturated heterocycles. The summed E-state index contributed by atoms with van der Waals surface area (Å²) in [5.41, 5.74) is 4.31. The molecular weight excluding hydrogens is 396 g/mol. The Morgan fingerprint density at radius 1 is 1.12 bits per heavy atom. The van der Waals surface area contributed by atoms with Gasteiger partial charge in [0.05, 0.1) is 10.9 Å². The van der Waals surface area contributed by atoms with Crippen LogP contribution in [0.3, 0.4) is 0 Å². The van der Waals surface area contributed by atoms with E-state index < -0.39 is 5.41 Å². The molecule has 0 saturated carbocycles. The van der Waals surface area contributed by atoms with Gasteiger partial charge in [0, 0.05) is 37.9 Å². The topological polar surface area (TPSA) is 42.4 Å². The van der Waals surface area contributed by atoms with E-state index in [1.54, 1.807) is 0 Å². The summed E-state index contributed by atoms with van der Waals surface area (Å²) in [6, 6.07) is 19.1. The van der Waals surface area contributed by atoms with Gasteiger partial charge >= 0.3 is 0 Å². The fourth-order valence-corrected chi connectivity index (χ4v) is 5.66. The van der Waals surface area contributed by atoms with E-state index in [0.29, 0.717) is 25.0 Å². The molecule has 1 atom stereocenters. The molecule has 4 heteroatoms. The fourth-order valence-electron chi connectivity index (χ4n) is 5.66. The van der Waals surface area contributed by atoms with Crippen molar-refractivity contribution in [3.63, 3.8) is 0 Å². The van der Waals surface area contributed by atoms with Gasteiger partial charge in [0.2, 0.25) is 5.91 Å².